The summed E-state index contributed by atoms with van der Waals surface area (Å²) in [6.07, 6.45) is 41.3. The number of hydrogen-bond donors (Lipinski definition) is 1. The summed E-state index contributed by atoms with van der Waals surface area (Å²) in [6, 6.07) is 0. The standard InChI is InChI=1S/C55H84N2O8/c1-10-11-24-48(61-8)29-27-41(2)28-30-50-36-51(62-9)37-52(64-50)38-55-57-46(39-63-55)33-44(5)32-42(3)21-16-13-12-14-19-31-56-53(40-60-7)54-26-20-25-49(65-54)35-47(59)34-43(4)22-17-15-18-23-45(6)58/h10-11,14,18-19,23,27-29,31,33,39-40,42,47-52,54,59H,4,12-13,15-17,20-22,24-26,30,32,34-38H2,1-3,5-9H3/b11-10+,19-14+,23-18-,29-27+,41-28+,44-33+,53-40-,56-31+. The van der Waals surface area contributed by atoms with Gasteiger partial charge in [-0.25, -0.2) is 4.98 Å². The van der Waals surface area contributed by atoms with Crippen LogP contribution in [0.3, 0.4) is 0 Å². The van der Waals surface area contributed by atoms with Gasteiger partial charge >= 0.3 is 0 Å². The number of oxazole rings is 1. The van der Waals surface area contributed by atoms with Crippen molar-refractivity contribution in [3.8, 4) is 0 Å². The summed E-state index contributed by atoms with van der Waals surface area (Å²) in [4.78, 5) is 20.6. The van der Waals surface area contributed by atoms with E-state index in [9.17, 15) is 9.90 Å². The summed E-state index contributed by atoms with van der Waals surface area (Å²) >= 11 is 0. The topological polar surface area (TPSA) is 122 Å². The van der Waals surface area contributed by atoms with Crippen LogP contribution in [0.5, 0.6) is 0 Å². The molecule has 0 aliphatic carbocycles. The molecule has 10 nitrogen and oxygen atoms in total. The molecule has 2 aliphatic rings. The second-order valence-electron chi connectivity index (χ2n) is 18.2. The molecule has 65 heavy (non-hydrogen) atoms. The highest BCUT2D eigenvalue weighted by Crippen LogP contribution is 2.30. The van der Waals surface area contributed by atoms with Crippen molar-refractivity contribution >= 4 is 18.1 Å². The number of allylic oxidation sites excluding steroid dienone is 8. The number of aromatic nitrogens is 1. The Kier molecular flexibility index (Phi) is 27.9. The minimum Gasteiger partial charge on any atom is -0.502 e. The van der Waals surface area contributed by atoms with E-state index in [2.05, 4.69) is 63.8 Å². The Bertz CT molecular complexity index is 1760. The van der Waals surface area contributed by atoms with Crippen molar-refractivity contribution in [3.05, 3.63) is 108 Å². The van der Waals surface area contributed by atoms with Crippen LogP contribution in [-0.4, -0.2) is 86.1 Å². The zero-order valence-electron chi connectivity index (χ0n) is 41.3. The maximum absolute atomic E-state index is 11.1. The molecule has 2 aliphatic heterocycles. The largest absolute Gasteiger partial charge is 0.502 e. The van der Waals surface area contributed by atoms with E-state index >= 15 is 0 Å². The summed E-state index contributed by atoms with van der Waals surface area (Å²) in [6.45, 7) is 14.4. The third kappa shape index (κ3) is 24.4. The average Bonchev–Trinajstić information content (AvgIpc) is 3.71. The summed E-state index contributed by atoms with van der Waals surface area (Å²) in [5.74, 6) is 1.34. The molecule has 0 bridgehead atoms. The van der Waals surface area contributed by atoms with Gasteiger partial charge in [0, 0.05) is 33.3 Å². The molecular formula is C55H84N2O8. The van der Waals surface area contributed by atoms with Gasteiger partial charge in [-0.3, -0.25) is 9.79 Å². The number of carbonyl (C=O) groups is 1. The van der Waals surface area contributed by atoms with Gasteiger partial charge in [0.2, 0.25) is 0 Å². The van der Waals surface area contributed by atoms with E-state index < -0.39 is 6.10 Å². The van der Waals surface area contributed by atoms with Crippen LogP contribution in [-0.2, 0) is 34.9 Å². The molecule has 1 N–H and O–H groups in total. The molecule has 8 unspecified atom stereocenters. The van der Waals surface area contributed by atoms with Gasteiger partial charge in [-0.15, -0.1) is 0 Å². The van der Waals surface area contributed by atoms with E-state index in [4.69, 9.17) is 38.1 Å². The van der Waals surface area contributed by atoms with Gasteiger partial charge < -0.3 is 33.2 Å². The van der Waals surface area contributed by atoms with Crippen LogP contribution in [0.15, 0.2) is 106 Å². The third-order valence-electron chi connectivity index (χ3n) is 12.0. The molecule has 8 atom stereocenters. The van der Waals surface area contributed by atoms with E-state index in [0.29, 0.717) is 31.1 Å². The number of aliphatic imine (C=N–C) groups is 1. The van der Waals surface area contributed by atoms with Gasteiger partial charge in [-0.1, -0.05) is 85.6 Å². The highest BCUT2D eigenvalue weighted by molar-refractivity contribution is 5.87. The number of carbonyl (C=O) groups excluding carboxylic acids is 1. The number of unbranched alkanes of at least 4 members (excludes halogenated alkanes) is 3. The number of methoxy groups -OCH3 is 3. The van der Waals surface area contributed by atoms with Gasteiger partial charge in [-0.05, 0) is 135 Å². The number of hydrogen-bond acceptors (Lipinski definition) is 10. The molecule has 0 radical (unpaired) electrons. The van der Waals surface area contributed by atoms with Gasteiger partial charge in [0.05, 0.1) is 50.2 Å². The van der Waals surface area contributed by atoms with E-state index in [1.165, 1.54) is 11.1 Å². The van der Waals surface area contributed by atoms with Gasteiger partial charge in [-0.2, -0.15) is 0 Å². The third-order valence-corrected chi connectivity index (χ3v) is 12.0. The lowest BCUT2D eigenvalue weighted by atomic mass is 9.95. The van der Waals surface area contributed by atoms with Crippen LogP contribution in [0.2, 0.25) is 0 Å². The SMILES string of the molecule is C=C(CCC/C=C\C(C)=O)CC(O)CC1CCCC(C(=C/OC)/N=C/C=C/CCCCC(C)C/C(C)=C/c2coc(CC3CC(OC)CC(C/C=C(C)/C=C/C(C/C=C/C)OC)O3)n2)O1. The summed E-state index contributed by atoms with van der Waals surface area (Å²) in [5, 5.41) is 10.8. The van der Waals surface area contributed by atoms with Gasteiger partial charge in [0.25, 0.3) is 0 Å². The van der Waals surface area contributed by atoms with Crippen LogP contribution >= 0.6 is 0 Å². The predicted molar refractivity (Wildman–Crippen MR) is 266 cm³/mol. The lowest BCUT2D eigenvalue weighted by Crippen LogP contribution is -2.37. The summed E-state index contributed by atoms with van der Waals surface area (Å²) in [7, 11) is 5.17. The molecule has 0 amide bonds. The maximum Gasteiger partial charge on any atom is 0.197 e. The monoisotopic (exact) mass is 901 g/mol. The maximum atomic E-state index is 11.1. The number of aliphatic hydroxyl groups excluding tert-OH is 1. The van der Waals surface area contributed by atoms with Crippen LogP contribution in [0.4, 0.5) is 0 Å². The normalized spacial score (nSPS) is 23.1. The molecule has 3 heterocycles. The average molecular weight is 901 g/mol. The highest BCUT2D eigenvalue weighted by Gasteiger charge is 2.30. The van der Waals surface area contributed by atoms with Crippen molar-refractivity contribution < 1.29 is 38.0 Å². The zero-order chi connectivity index (χ0) is 47.2. The fourth-order valence-corrected chi connectivity index (χ4v) is 8.54. The molecule has 362 valence electrons. The number of ether oxygens (including phenoxy) is 5. The fourth-order valence-electron chi connectivity index (χ4n) is 8.54. The molecule has 0 aromatic carbocycles. The first-order chi connectivity index (χ1) is 31.4. The Hall–Kier alpha value is -3.93. The van der Waals surface area contributed by atoms with Crippen LogP contribution in [0.25, 0.3) is 6.08 Å². The Labute approximate surface area is 392 Å². The molecule has 10 heteroatoms. The van der Waals surface area contributed by atoms with Crippen molar-refractivity contribution in [2.75, 3.05) is 21.3 Å². The molecule has 2 saturated heterocycles. The Balaban J connectivity index is 1.36. The second kappa shape index (κ2) is 32.7. The van der Waals surface area contributed by atoms with Crippen molar-refractivity contribution in [2.45, 2.75) is 193 Å². The van der Waals surface area contributed by atoms with Crippen LogP contribution < -0.4 is 0 Å². The molecule has 2 fully saturated rings. The predicted octanol–water partition coefficient (Wildman–Crippen LogP) is 12.7. The van der Waals surface area contributed by atoms with E-state index in [-0.39, 0.29) is 42.4 Å². The first-order valence-electron chi connectivity index (χ1n) is 24.3. The fraction of sp³-hybridized carbons (Fsp3) is 0.618. The Morgan fingerprint density at radius 3 is 2.55 bits per heavy atom. The molecule has 0 saturated carbocycles. The van der Waals surface area contributed by atoms with Crippen molar-refractivity contribution in [1.29, 1.82) is 0 Å². The van der Waals surface area contributed by atoms with Crippen LogP contribution in [0, 0.1) is 5.92 Å². The van der Waals surface area contributed by atoms with E-state index in [1.807, 2.05) is 31.4 Å². The van der Waals surface area contributed by atoms with Crippen LogP contribution in [0.1, 0.15) is 155 Å². The molecular weight excluding hydrogens is 817 g/mol. The number of aliphatic hydroxyl groups is 1. The zero-order valence-corrected chi connectivity index (χ0v) is 41.3. The highest BCUT2D eigenvalue weighted by atomic mass is 16.5. The first kappa shape index (κ1) is 55.4. The van der Waals surface area contributed by atoms with Crippen molar-refractivity contribution in [2.24, 2.45) is 10.9 Å². The number of ketones is 1. The minimum absolute atomic E-state index is 0.00946. The van der Waals surface area contributed by atoms with Crippen molar-refractivity contribution in [1.82, 2.24) is 4.98 Å². The Morgan fingerprint density at radius 2 is 1.80 bits per heavy atom. The van der Waals surface area contributed by atoms with E-state index in [1.54, 1.807) is 46.9 Å². The minimum atomic E-state index is -0.495. The Morgan fingerprint density at radius 1 is 1.00 bits per heavy atom. The number of nitrogens with zero attached hydrogens (tertiary/aromatic N) is 2. The second-order valence-corrected chi connectivity index (χ2v) is 18.2. The lowest BCUT2D eigenvalue weighted by Gasteiger charge is -2.34. The summed E-state index contributed by atoms with van der Waals surface area (Å²) < 4.78 is 35.6. The van der Waals surface area contributed by atoms with Gasteiger partial charge in [0.1, 0.15) is 30.0 Å². The molecule has 1 aromatic rings. The molecule has 3 rings (SSSR count). The van der Waals surface area contributed by atoms with E-state index in [0.717, 1.165) is 113 Å². The summed E-state index contributed by atoms with van der Waals surface area (Å²) in [5.41, 5.74) is 5.15. The smallest absolute Gasteiger partial charge is 0.197 e. The quantitative estimate of drug-likeness (QED) is 0.0194. The first-order valence-corrected chi connectivity index (χ1v) is 24.3. The van der Waals surface area contributed by atoms with Crippen molar-refractivity contribution in [3.63, 3.8) is 0 Å². The molecule has 0 spiro atoms. The molecule has 1 aromatic heterocycles. The number of rotatable bonds is 31. The van der Waals surface area contributed by atoms with Gasteiger partial charge in [0.15, 0.2) is 11.7 Å². The lowest BCUT2D eigenvalue weighted by molar-refractivity contribution is -0.112.